The van der Waals surface area contributed by atoms with E-state index in [0.717, 1.165) is 13.0 Å². The van der Waals surface area contributed by atoms with Gasteiger partial charge in [-0.05, 0) is 43.9 Å². The topological polar surface area (TPSA) is 21.3 Å². The number of hydrogen-bond donors (Lipinski definition) is 1. The first-order chi connectivity index (χ1) is 9.79. The van der Waals surface area contributed by atoms with Gasteiger partial charge in [0.1, 0.15) is 18.2 Å². The van der Waals surface area contributed by atoms with Crippen molar-refractivity contribution in [2.45, 2.75) is 51.5 Å². The van der Waals surface area contributed by atoms with E-state index in [-0.39, 0.29) is 5.82 Å². The second-order valence-electron chi connectivity index (χ2n) is 5.73. The molecule has 0 spiro atoms. The van der Waals surface area contributed by atoms with E-state index < -0.39 is 0 Å². The molecule has 1 aliphatic rings. The summed E-state index contributed by atoms with van der Waals surface area (Å²) in [6, 6.07) is 6.80. The zero-order valence-electron chi connectivity index (χ0n) is 12.4. The third kappa shape index (κ3) is 4.78. The van der Waals surface area contributed by atoms with Crippen LogP contribution in [-0.2, 0) is 0 Å². The summed E-state index contributed by atoms with van der Waals surface area (Å²) in [5, 5.41) is 3.61. The van der Waals surface area contributed by atoms with Gasteiger partial charge in [-0.25, -0.2) is 4.39 Å². The standard InChI is InChI=1S/C17H26FNO/c1-2-11-19-17(14-7-4-3-5-8-14)13-20-16-10-6-9-15(18)12-16/h6,9-10,12,14,17,19H,2-5,7-8,11,13H2,1H3. The van der Waals surface area contributed by atoms with Crippen LogP contribution in [0.2, 0.25) is 0 Å². The van der Waals surface area contributed by atoms with Crippen LogP contribution in [0.4, 0.5) is 4.39 Å². The maximum atomic E-state index is 13.2. The Balaban J connectivity index is 1.89. The molecular formula is C17H26FNO. The van der Waals surface area contributed by atoms with Gasteiger partial charge in [0.2, 0.25) is 0 Å². The first-order valence-corrected chi connectivity index (χ1v) is 7.91. The number of ether oxygens (including phenoxy) is 1. The van der Waals surface area contributed by atoms with Crippen LogP contribution in [0.3, 0.4) is 0 Å². The van der Waals surface area contributed by atoms with Crippen LogP contribution in [-0.4, -0.2) is 19.2 Å². The number of halogens is 1. The molecule has 1 aliphatic carbocycles. The largest absolute Gasteiger partial charge is 0.492 e. The molecular weight excluding hydrogens is 253 g/mol. The van der Waals surface area contributed by atoms with Crippen LogP contribution in [0.5, 0.6) is 5.75 Å². The number of nitrogens with one attached hydrogen (secondary N) is 1. The lowest BCUT2D eigenvalue weighted by molar-refractivity contribution is 0.185. The Morgan fingerprint density at radius 2 is 2.10 bits per heavy atom. The Bertz CT molecular complexity index is 390. The highest BCUT2D eigenvalue weighted by Crippen LogP contribution is 2.27. The van der Waals surface area contributed by atoms with Crippen LogP contribution in [0, 0.1) is 11.7 Å². The molecule has 0 aromatic heterocycles. The molecule has 1 atom stereocenters. The smallest absolute Gasteiger partial charge is 0.126 e. The lowest BCUT2D eigenvalue weighted by atomic mass is 9.84. The van der Waals surface area contributed by atoms with Gasteiger partial charge >= 0.3 is 0 Å². The van der Waals surface area contributed by atoms with Crippen molar-refractivity contribution in [1.29, 1.82) is 0 Å². The van der Waals surface area contributed by atoms with Crippen LogP contribution < -0.4 is 10.1 Å². The normalized spacial score (nSPS) is 17.9. The Hall–Kier alpha value is -1.09. The van der Waals surface area contributed by atoms with Gasteiger partial charge in [-0.15, -0.1) is 0 Å². The Kier molecular flexibility index (Phi) is 6.31. The quantitative estimate of drug-likeness (QED) is 0.809. The molecule has 0 amide bonds. The minimum Gasteiger partial charge on any atom is -0.492 e. The molecule has 112 valence electrons. The van der Waals surface area contributed by atoms with Crippen molar-refractivity contribution in [3.8, 4) is 5.75 Å². The Morgan fingerprint density at radius 1 is 1.30 bits per heavy atom. The van der Waals surface area contributed by atoms with Gasteiger partial charge in [0, 0.05) is 12.1 Å². The average Bonchev–Trinajstić information content (AvgIpc) is 2.48. The molecule has 0 bridgehead atoms. The van der Waals surface area contributed by atoms with Crippen molar-refractivity contribution in [2.24, 2.45) is 5.92 Å². The predicted octanol–water partition coefficient (Wildman–Crippen LogP) is 4.15. The van der Waals surface area contributed by atoms with E-state index in [1.54, 1.807) is 6.07 Å². The summed E-state index contributed by atoms with van der Waals surface area (Å²) in [5.41, 5.74) is 0. The molecule has 0 radical (unpaired) electrons. The van der Waals surface area contributed by atoms with E-state index >= 15 is 0 Å². The fourth-order valence-electron chi connectivity index (χ4n) is 2.97. The van der Waals surface area contributed by atoms with E-state index in [1.165, 1.54) is 44.2 Å². The first kappa shape index (κ1) is 15.3. The van der Waals surface area contributed by atoms with Crippen molar-refractivity contribution in [3.05, 3.63) is 30.1 Å². The van der Waals surface area contributed by atoms with Crippen molar-refractivity contribution < 1.29 is 9.13 Å². The Labute approximate surface area is 121 Å². The molecule has 3 heteroatoms. The molecule has 1 aromatic carbocycles. The zero-order valence-corrected chi connectivity index (χ0v) is 12.4. The minimum absolute atomic E-state index is 0.238. The van der Waals surface area contributed by atoms with E-state index in [2.05, 4.69) is 12.2 Å². The summed E-state index contributed by atoms with van der Waals surface area (Å²) in [4.78, 5) is 0. The zero-order chi connectivity index (χ0) is 14.2. The number of benzene rings is 1. The van der Waals surface area contributed by atoms with Crippen molar-refractivity contribution in [3.63, 3.8) is 0 Å². The second kappa shape index (κ2) is 8.25. The van der Waals surface area contributed by atoms with Gasteiger partial charge in [0.05, 0.1) is 0 Å². The fraction of sp³-hybridized carbons (Fsp3) is 0.647. The molecule has 0 heterocycles. The summed E-state index contributed by atoms with van der Waals surface area (Å²) in [6.07, 6.45) is 7.72. The molecule has 0 aliphatic heterocycles. The fourth-order valence-corrected chi connectivity index (χ4v) is 2.97. The highest BCUT2D eigenvalue weighted by atomic mass is 19.1. The highest BCUT2D eigenvalue weighted by Gasteiger charge is 2.23. The maximum absolute atomic E-state index is 13.2. The van der Waals surface area contributed by atoms with Gasteiger partial charge in [-0.1, -0.05) is 32.3 Å². The summed E-state index contributed by atoms with van der Waals surface area (Å²) in [6.45, 7) is 3.83. The van der Waals surface area contributed by atoms with Gasteiger partial charge < -0.3 is 10.1 Å². The van der Waals surface area contributed by atoms with E-state index in [4.69, 9.17) is 4.74 Å². The molecule has 1 fully saturated rings. The SMILES string of the molecule is CCCNC(COc1cccc(F)c1)C1CCCCC1. The molecule has 2 rings (SSSR count). The molecule has 1 N–H and O–H groups in total. The molecule has 1 saturated carbocycles. The first-order valence-electron chi connectivity index (χ1n) is 7.91. The van der Waals surface area contributed by atoms with Crippen LogP contribution >= 0.6 is 0 Å². The van der Waals surface area contributed by atoms with Crippen LogP contribution in [0.25, 0.3) is 0 Å². The second-order valence-corrected chi connectivity index (χ2v) is 5.73. The van der Waals surface area contributed by atoms with Crippen molar-refractivity contribution in [2.75, 3.05) is 13.2 Å². The number of hydrogen-bond acceptors (Lipinski definition) is 2. The summed E-state index contributed by atoms with van der Waals surface area (Å²) in [5.74, 6) is 1.09. The summed E-state index contributed by atoms with van der Waals surface area (Å²) in [7, 11) is 0. The average molecular weight is 279 g/mol. The third-order valence-corrected chi connectivity index (χ3v) is 4.10. The maximum Gasteiger partial charge on any atom is 0.126 e. The van der Waals surface area contributed by atoms with E-state index in [0.29, 0.717) is 24.3 Å². The molecule has 0 saturated heterocycles. The van der Waals surface area contributed by atoms with Crippen molar-refractivity contribution >= 4 is 0 Å². The lowest BCUT2D eigenvalue weighted by Crippen LogP contribution is -2.42. The van der Waals surface area contributed by atoms with E-state index in [9.17, 15) is 4.39 Å². The van der Waals surface area contributed by atoms with Gasteiger partial charge in [0.25, 0.3) is 0 Å². The molecule has 1 unspecified atom stereocenters. The minimum atomic E-state index is -0.238. The van der Waals surface area contributed by atoms with Crippen LogP contribution in [0.1, 0.15) is 45.4 Å². The molecule has 1 aromatic rings. The third-order valence-electron chi connectivity index (χ3n) is 4.10. The van der Waals surface area contributed by atoms with Gasteiger partial charge in [-0.2, -0.15) is 0 Å². The molecule has 2 nitrogen and oxygen atoms in total. The molecule has 20 heavy (non-hydrogen) atoms. The number of rotatable bonds is 7. The summed E-state index contributed by atoms with van der Waals surface area (Å²) >= 11 is 0. The van der Waals surface area contributed by atoms with E-state index in [1.807, 2.05) is 6.07 Å². The van der Waals surface area contributed by atoms with Gasteiger partial charge in [0.15, 0.2) is 0 Å². The predicted molar refractivity (Wildman–Crippen MR) is 80.6 cm³/mol. The van der Waals surface area contributed by atoms with Crippen molar-refractivity contribution in [1.82, 2.24) is 5.32 Å². The van der Waals surface area contributed by atoms with Crippen LogP contribution in [0.15, 0.2) is 24.3 Å². The Morgan fingerprint density at radius 3 is 2.80 bits per heavy atom. The lowest BCUT2D eigenvalue weighted by Gasteiger charge is -2.31. The monoisotopic (exact) mass is 279 g/mol. The van der Waals surface area contributed by atoms with Gasteiger partial charge in [-0.3, -0.25) is 0 Å². The highest BCUT2D eigenvalue weighted by molar-refractivity contribution is 5.22. The summed E-state index contributed by atoms with van der Waals surface area (Å²) < 4.78 is 19.0.